The molecule has 1 aromatic carbocycles. The maximum absolute atomic E-state index is 12.3. The number of benzene rings is 1. The Morgan fingerprint density at radius 1 is 1.14 bits per heavy atom. The summed E-state index contributed by atoms with van der Waals surface area (Å²) in [5.74, 6) is 0. The van der Waals surface area contributed by atoms with Gasteiger partial charge in [-0.05, 0) is 24.6 Å². The zero-order chi connectivity index (χ0) is 16.3. The van der Waals surface area contributed by atoms with E-state index in [0.717, 1.165) is 24.3 Å². The van der Waals surface area contributed by atoms with Gasteiger partial charge in [-0.2, -0.15) is 26.3 Å². The van der Waals surface area contributed by atoms with Crippen molar-refractivity contribution in [3.8, 4) is 0 Å². The topological polar surface area (TPSA) is 38.3 Å². The first-order valence-electron chi connectivity index (χ1n) is 5.66. The average Bonchev–Trinajstić information content (AvgIpc) is 2.34. The molecule has 1 N–H and O–H groups in total. The van der Waals surface area contributed by atoms with Crippen LogP contribution < -0.4 is 5.32 Å². The molecule has 3 nitrogen and oxygen atoms in total. The Hall–Kier alpha value is -1.93. The lowest BCUT2D eigenvalue weighted by molar-refractivity contribution is -0.160. The number of carbonyl (C=O) groups excluding carboxylic acids is 1. The van der Waals surface area contributed by atoms with Crippen LogP contribution in [0.5, 0.6) is 0 Å². The normalized spacial score (nSPS) is 13.7. The van der Waals surface area contributed by atoms with Gasteiger partial charge in [-0.3, -0.25) is 0 Å². The third-order valence-electron chi connectivity index (χ3n) is 2.44. The summed E-state index contributed by atoms with van der Waals surface area (Å²) >= 11 is 0. The lowest BCUT2D eigenvalue weighted by Crippen LogP contribution is -2.31. The minimum absolute atomic E-state index is 0.298. The number of nitrogens with one attached hydrogen (secondary N) is 1. The number of hydrogen-bond acceptors (Lipinski definition) is 2. The van der Waals surface area contributed by atoms with E-state index < -0.39 is 36.7 Å². The highest BCUT2D eigenvalue weighted by molar-refractivity contribution is 5.67. The van der Waals surface area contributed by atoms with Crippen molar-refractivity contribution >= 4 is 6.09 Å². The van der Waals surface area contributed by atoms with Gasteiger partial charge in [0.2, 0.25) is 0 Å². The predicted octanol–water partition coefficient (Wildman–Crippen LogP) is 4.05. The summed E-state index contributed by atoms with van der Waals surface area (Å²) in [6.45, 7) is -0.337. The molecule has 1 rings (SSSR count). The van der Waals surface area contributed by atoms with Crippen molar-refractivity contribution < 1.29 is 35.9 Å². The van der Waals surface area contributed by atoms with Gasteiger partial charge in [0.15, 0.2) is 6.61 Å². The molecule has 0 aliphatic carbocycles. The molecule has 0 aliphatic rings. The van der Waals surface area contributed by atoms with Gasteiger partial charge in [0.25, 0.3) is 0 Å². The monoisotopic (exact) mass is 315 g/mol. The van der Waals surface area contributed by atoms with Gasteiger partial charge in [0.1, 0.15) is 0 Å². The minimum atomic E-state index is -4.64. The van der Waals surface area contributed by atoms with E-state index in [-0.39, 0.29) is 0 Å². The lowest BCUT2D eigenvalue weighted by atomic mass is 10.1. The molecular formula is C12H11F6NO2. The maximum atomic E-state index is 12.3. The highest BCUT2D eigenvalue weighted by Gasteiger charge is 2.31. The summed E-state index contributed by atoms with van der Waals surface area (Å²) in [5.41, 5.74) is -0.565. The fourth-order valence-electron chi connectivity index (χ4n) is 1.41. The first-order valence-corrected chi connectivity index (χ1v) is 5.66. The van der Waals surface area contributed by atoms with Crippen LogP contribution in [0.15, 0.2) is 24.3 Å². The molecule has 118 valence electrons. The molecule has 0 aromatic heterocycles. The predicted molar refractivity (Wildman–Crippen MR) is 60.4 cm³/mol. The molecule has 0 saturated carbocycles. The SMILES string of the molecule is CC(NC(=O)OCC(F)(F)F)c1ccc(C(F)(F)F)cc1. The van der Waals surface area contributed by atoms with Crippen molar-refractivity contribution in [3.05, 3.63) is 35.4 Å². The Morgan fingerprint density at radius 3 is 2.10 bits per heavy atom. The van der Waals surface area contributed by atoms with Crippen LogP contribution in [-0.2, 0) is 10.9 Å². The second kappa shape index (κ2) is 6.23. The summed E-state index contributed by atoms with van der Waals surface area (Å²) in [4.78, 5) is 11.1. The molecule has 1 unspecified atom stereocenters. The second-order valence-corrected chi connectivity index (χ2v) is 4.18. The Morgan fingerprint density at radius 2 is 1.67 bits per heavy atom. The van der Waals surface area contributed by atoms with E-state index in [0.29, 0.717) is 5.56 Å². The van der Waals surface area contributed by atoms with E-state index in [1.54, 1.807) is 0 Å². The first kappa shape index (κ1) is 17.1. The van der Waals surface area contributed by atoms with Crippen LogP contribution in [0.1, 0.15) is 24.1 Å². The largest absolute Gasteiger partial charge is 0.440 e. The molecule has 21 heavy (non-hydrogen) atoms. The van der Waals surface area contributed by atoms with E-state index in [2.05, 4.69) is 10.1 Å². The number of alkyl halides is 6. The second-order valence-electron chi connectivity index (χ2n) is 4.18. The Kier molecular flexibility index (Phi) is 5.08. The number of hydrogen-bond donors (Lipinski definition) is 1. The van der Waals surface area contributed by atoms with Crippen molar-refractivity contribution in [1.29, 1.82) is 0 Å². The number of rotatable bonds is 3. The van der Waals surface area contributed by atoms with Crippen LogP contribution in [-0.4, -0.2) is 18.9 Å². The average molecular weight is 315 g/mol. The fraction of sp³-hybridized carbons (Fsp3) is 0.417. The number of alkyl carbamates (subject to hydrolysis) is 1. The van der Waals surface area contributed by atoms with Gasteiger partial charge >= 0.3 is 18.4 Å². The summed E-state index contributed by atoms with van der Waals surface area (Å²) in [7, 11) is 0. The van der Waals surface area contributed by atoms with Gasteiger partial charge in [-0.15, -0.1) is 0 Å². The van der Waals surface area contributed by atoms with Crippen molar-refractivity contribution in [3.63, 3.8) is 0 Å². The van der Waals surface area contributed by atoms with E-state index in [1.807, 2.05) is 0 Å². The van der Waals surface area contributed by atoms with Crippen LogP contribution in [0.25, 0.3) is 0 Å². The van der Waals surface area contributed by atoms with Gasteiger partial charge in [-0.25, -0.2) is 4.79 Å². The van der Waals surface area contributed by atoms with Crippen molar-refractivity contribution in [2.45, 2.75) is 25.3 Å². The Labute approximate surface area is 115 Å². The summed E-state index contributed by atoms with van der Waals surface area (Å²) in [6, 6.07) is 3.08. The summed E-state index contributed by atoms with van der Waals surface area (Å²) in [5, 5.41) is 2.08. The zero-order valence-electron chi connectivity index (χ0n) is 10.7. The van der Waals surface area contributed by atoms with Gasteiger partial charge in [0.05, 0.1) is 11.6 Å². The molecule has 1 amide bonds. The van der Waals surface area contributed by atoms with Crippen molar-refractivity contribution in [1.82, 2.24) is 5.32 Å². The third kappa shape index (κ3) is 5.92. The number of ether oxygens (including phenoxy) is 1. The quantitative estimate of drug-likeness (QED) is 0.855. The fourth-order valence-corrected chi connectivity index (χ4v) is 1.41. The highest BCUT2D eigenvalue weighted by Crippen LogP contribution is 2.29. The van der Waals surface area contributed by atoms with Crippen LogP contribution in [0.4, 0.5) is 31.1 Å². The molecule has 0 saturated heterocycles. The molecule has 1 aromatic rings. The van der Waals surface area contributed by atoms with E-state index in [1.165, 1.54) is 6.92 Å². The molecule has 1 atom stereocenters. The van der Waals surface area contributed by atoms with Crippen molar-refractivity contribution in [2.24, 2.45) is 0 Å². The number of halogens is 6. The lowest BCUT2D eigenvalue weighted by Gasteiger charge is -2.16. The Bertz CT molecular complexity index is 480. The third-order valence-corrected chi connectivity index (χ3v) is 2.44. The van der Waals surface area contributed by atoms with Gasteiger partial charge in [0, 0.05) is 0 Å². The smallest absolute Gasteiger partial charge is 0.422 e. The minimum Gasteiger partial charge on any atom is -0.440 e. The van der Waals surface area contributed by atoms with E-state index in [9.17, 15) is 31.1 Å². The standard InChI is InChI=1S/C12H11F6NO2/c1-7(19-10(20)21-6-11(13,14)15)8-2-4-9(5-3-8)12(16,17)18/h2-5,7H,6H2,1H3,(H,19,20). The molecule has 0 bridgehead atoms. The molecule has 0 heterocycles. The van der Waals surface area contributed by atoms with Crippen LogP contribution in [0.2, 0.25) is 0 Å². The Balaban J connectivity index is 2.59. The summed E-state index contributed by atoms with van der Waals surface area (Å²) in [6.07, 6.45) is -10.4. The first-order chi connectivity index (χ1) is 9.49. The number of amides is 1. The highest BCUT2D eigenvalue weighted by atomic mass is 19.4. The molecular weight excluding hydrogens is 304 g/mol. The molecule has 0 radical (unpaired) electrons. The van der Waals surface area contributed by atoms with E-state index >= 15 is 0 Å². The van der Waals surface area contributed by atoms with Crippen LogP contribution >= 0.6 is 0 Å². The maximum Gasteiger partial charge on any atom is 0.422 e. The summed E-state index contributed by atoms with van der Waals surface area (Å²) < 4.78 is 76.4. The van der Waals surface area contributed by atoms with Crippen LogP contribution in [0.3, 0.4) is 0 Å². The molecule has 9 heteroatoms. The van der Waals surface area contributed by atoms with Crippen LogP contribution in [0, 0.1) is 0 Å². The van der Waals surface area contributed by atoms with Crippen molar-refractivity contribution in [2.75, 3.05) is 6.61 Å². The number of carbonyl (C=O) groups is 1. The molecule has 0 aliphatic heterocycles. The van der Waals surface area contributed by atoms with E-state index in [4.69, 9.17) is 0 Å². The van der Waals surface area contributed by atoms with Gasteiger partial charge in [-0.1, -0.05) is 12.1 Å². The van der Waals surface area contributed by atoms with Gasteiger partial charge < -0.3 is 10.1 Å². The molecule has 0 fully saturated rings. The zero-order valence-corrected chi connectivity index (χ0v) is 10.7. The molecule has 0 spiro atoms.